The van der Waals surface area contributed by atoms with Gasteiger partial charge in [0.15, 0.2) is 0 Å². The lowest BCUT2D eigenvalue weighted by Gasteiger charge is -2.30. The first-order valence-corrected chi connectivity index (χ1v) is 4.03. The number of hydrogen-bond acceptors (Lipinski definition) is 3. The van der Waals surface area contributed by atoms with Crippen LogP contribution in [0.2, 0.25) is 0 Å². The van der Waals surface area contributed by atoms with E-state index in [9.17, 15) is 9.90 Å². The summed E-state index contributed by atoms with van der Waals surface area (Å²) in [5, 5.41) is 11.9. The highest BCUT2D eigenvalue weighted by atomic mass is 16.3. The molecule has 2 unspecified atom stereocenters. The molecule has 0 aliphatic heterocycles. The van der Waals surface area contributed by atoms with E-state index in [1.54, 1.807) is 27.7 Å². The maximum absolute atomic E-state index is 11.1. The number of amides is 1. The van der Waals surface area contributed by atoms with Crippen molar-refractivity contribution in [3.8, 4) is 0 Å². The van der Waals surface area contributed by atoms with Crippen molar-refractivity contribution in [2.75, 3.05) is 0 Å². The average Bonchev–Trinajstić information content (AvgIpc) is 1.85. The molecule has 0 aromatic rings. The number of nitrogens with one attached hydrogen (secondary N) is 1. The molecule has 0 saturated heterocycles. The topological polar surface area (TPSA) is 75.4 Å². The number of aliphatic hydroxyl groups excluding tert-OH is 1. The van der Waals surface area contributed by atoms with Gasteiger partial charge in [-0.1, -0.05) is 0 Å². The quantitative estimate of drug-likeness (QED) is 0.545. The van der Waals surface area contributed by atoms with Crippen LogP contribution in [-0.4, -0.2) is 28.7 Å². The van der Waals surface area contributed by atoms with Gasteiger partial charge in [0.05, 0.1) is 17.7 Å². The Morgan fingerprint density at radius 3 is 2.17 bits per heavy atom. The molecular formula is C8H18N2O2. The Balaban J connectivity index is 4.15. The summed E-state index contributed by atoms with van der Waals surface area (Å²) in [6.45, 7) is 6.73. The second-order valence-electron chi connectivity index (χ2n) is 3.68. The lowest BCUT2D eigenvalue weighted by atomic mass is 9.98. The largest absolute Gasteiger partial charge is 0.391 e. The van der Waals surface area contributed by atoms with Crippen LogP contribution in [-0.2, 0) is 4.79 Å². The van der Waals surface area contributed by atoms with E-state index in [1.807, 2.05) is 0 Å². The predicted octanol–water partition coefficient (Wildman–Crippen LogP) is -0.391. The van der Waals surface area contributed by atoms with Crippen LogP contribution in [0.15, 0.2) is 0 Å². The highest BCUT2D eigenvalue weighted by Gasteiger charge is 2.26. The van der Waals surface area contributed by atoms with Gasteiger partial charge in [-0.2, -0.15) is 0 Å². The summed E-state index contributed by atoms with van der Waals surface area (Å²) in [4.78, 5) is 11.1. The van der Waals surface area contributed by atoms with Gasteiger partial charge in [-0.15, -0.1) is 0 Å². The summed E-state index contributed by atoms with van der Waals surface area (Å²) in [7, 11) is 0. The predicted molar refractivity (Wildman–Crippen MR) is 47.6 cm³/mol. The Hall–Kier alpha value is -0.610. The van der Waals surface area contributed by atoms with Gasteiger partial charge in [-0.3, -0.25) is 4.79 Å². The number of rotatable bonds is 3. The van der Waals surface area contributed by atoms with Crippen molar-refractivity contribution < 1.29 is 9.90 Å². The smallest absolute Gasteiger partial charge is 0.237 e. The minimum absolute atomic E-state index is 0.249. The Morgan fingerprint density at radius 2 is 1.92 bits per heavy atom. The van der Waals surface area contributed by atoms with Crippen LogP contribution in [0.3, 0.4) is 0 Å². The van der Waals surface area contributed by atoms with Gasteiger partial charge >= 0.3 is 0 Å². The highest BCUT2D eigenvalue weighted by molar-refractivity contribution is 5.81. The second kappa shape index (κ2) is 3.87. The Kier molecular flexibility index (Phi) is 3.67. The monoisotopic (exact) mass is 174 g/mol. The van der Waals surface area contributed by atoms with E-state index in [4.69, 9.17) is 5.73 Å². The molecule has 4 heteroatoms. The molecule has 0 spiro atoms. The molecule has 12 heavy (non-hydrogen) atoms. The van der Waals surface area contributed by atoms with Crippen molar-refractivity contribution in [3.63, 3.8) is 0 Å². The Labute approximate surface area is 73.1 Å². The van der Waals surface area contributed by atoms with Crippen LogP contribution >= 0.6 is 0 Å². The third-order valence-electron chi connectivity index (χ3n) is 1.90. The van der Waals surface area contributed by atoms with E-state index in [-0.39, 0.29) is 5.91 Å². The van der Waals surface area contributed by atoms with Crippen LogP contribution in [0.5, 0.6) is 0 Å². The zero-order valence-electron chi connectivity index (χ0n) is 8.09. The molecule has 0 rings (SSSR count). The highest BCUT2D eigenvalue weighted by Crippen LogP contribution is 2.07. The molecule has 0 heterocycles. The van der Waals surface area contributed by atoms with Crippen LogP contribution < -0.4 is 11.1 Å². The summed E-state index contributed by atoms with van der Waals surface area (Å²) < 4.78 is 0. The molecule has 4 N–H and O–H groups in total. The standard InChI is InChI=1S/C8H18N2O2/c1-5(9)7(12)10-8(3,4)6(2)11/h5-6,11H,9H2,1-4H3,(H,10,12). The fourth-order valence-corrected chi connectivity index (χ4v) is 0.536. The number of nitrogens with two attached hydrogens (primary N) is 1. The molecule has 0 aliphatic rings. The minimum Gasteiger partial charge on any atom is -0.391 e. The summed E-state index contributed by atoms with van der Waals surface area (Å²) in [6, 6.07) is -0.539. The van der Waals surface area contributed by atoms with Gasteiger partial charge < -0.3 is 16.2 Å². The van der Waals surface area contributed by atoms with Crippen molar-refractivity contribution in [2.45, 2.75) is 45.4 Å². The molecule has 4 nitrogen and oxygen atoms in total. The summed E-state index contributed by atoms with van der Waals surface area (Å²) in [6.07, 6.45) is -0.597. The fraction of sp³-hybridized carbons (Fsp3) is 0.875. The molecule has 0 aromatic carbocycles. The number of carbonyl (C=O) groups is 1. The van der Waals surface area contributed by atoms with Crippen LogP contribution in [0.4, 0.5) is 0 Å². The molecule has 2 atom stereocenters. The van der Waals surface area contributed by atoms with E-state index in [0.717, 1.165) is 0 Å². The summed E-state index contributed by atoms with van der Waals surface area (Å²) in [5.41, 5.74) is 4.73. The third-order valence-corrected chi connectivity index (χ3v) is 1.90. The van der Waals surface area contributed by atoms with Crippen molar-refractivity contribution in [2.24, 2.45) is 5.73 Å². The van der Waals surface area contributed by atoms with Gasteiger partial charge in [0, 0.05) is 0 Å². The van der Waals surface area contributed by atoms with E-state index in [1.165, 1.54) is 0 Å². The lowest BCUT2D eigenvalue weighted by Crippen LogP contribution is -2.54. The van der Waals surface area contributed by atoms with Crippen molar-refractivity contribution in [1.29, 1.82) is 0 Å². The molecule has 72 valence electrons. The Bertz CT molecular complexity index is 164. The molecule has 0 bridgehead atoms. The normalized spacial score (nSPS) is 16.8. The van der Waals surface area contributed by atoms with Crippen LogP contribution in [0, 0.1) is 0 Å². The molecular weight excluding hydrogens is 156 g/mol. The van der Waals surface area contributed by atoms with Crippen molar-refractivity contribution in [3.05, 3.63) is 0 Å². The molecule has 0 fully saturated rings. The number of aliphatic hydroxyl groups is 1. The van der Waals surface area contributed by atoms with E-state index < -0.39 is 17.7 Å². The number of carbonyl (C=O) groups excluding carboxylic acids is 1. The van der Waals surface area contributed by atoms with Gasteiger partial charge in [-0.25, -0.2) is 0 Å². The Morgan fingerprint density at radius 1 is 1.50 bits per heavy atom. The maximum atomic E-state index is 11.1. The van der Waals surface area contributed by atoms with Gasteiger partial charge in [-0.05, 0) is 27.7 Å². The van der Waals surface area contributed by atoms with Gasteiger partial charge in [0.25, 0.3) is 0 Å². The third kappa shape index (κ3) is 3.19. The molecule has 0 radical (unpaired) electrons. The van der Waals surface area contributed by atoms with E-state index in [2.05, 4.69) is 5.32 Å². The first-order valence-electron chi connectivity index (χ1n) is 4.03. The second-order valence-corrected chi connectivity index (χ2v) is 3.68. The molecule has 0 saturated carbocycles. The van der Waals surface area contributed by atoms with Gasteiger partial charge in [0.2, 0.25) is 5.91 Å². The van der Waals surface area contributed by atoms with Crippen LogP contribution in [0.25, 0.3) is 0 Å². The molecule has 0 aromatic heterocycles. The average molecular weight is 174 g/mol. The SMILES string of the molecule is CC(N)C(=O)NC(C)(C)C(C)O. The molecule has 0 aliphatic carbocycles. The first-order chi connectivity index (χ1) is 5.27. The van der Waals surface area contributed by atoms with Crippen molar-refractivity contribution in [1.82, 2.24) is 5.32 Å². The summed E-state index contributed by atoms with van der Waals surface area (Å²) >= 11 is 0. The van der Waals surface area contributed by atoms with Gasteiger partial charge in [0.1, 0.15) is 0 Å². The zero-order chi connectivity index (χ0) is 9.94. The van der Waals surface area contributed by atoms with E-state index >= 15 is 0 Å². The molecule has 1 amide bonds. The van der Waals surface area contributed by atoms with Crippen LogP contribution in [0.1, 0.15) is 27.7 Å². The number of hydrogen-bond donors (Lipinski definition) is 3. The summed E-state index contributed by atoms with van der Waals surface area (Å²) in [5.74, 6) is -0.249. The lowest BCUT2D eigenvalue weighted by molar-refractivity contribution is -0.124. The van der Waals surface area contributed by atoms with Crippen molar-refractivity contribution >= 4 is 5.91 Å². The first kappa shape index (κ1) is 11.4. The van der Waals surface area contributed by atoms with E-state index in [0.29, 0.717) is 0 Å². The minimum atomic E-state index is -0.620. The zero-order valence-corrected chi connectivity index (χ0v) is 8.09. The maximum Gasteiger partial charge on any atom is 0.237 e. The fourth-order valence-electron chi connectivity index (χ4n) is 0.536.